The van der Waals surface area contributed by atoms with Gasteiger partial charge in [-0.3, -0.25) is 4.79 Å². The molecule has 2 N–H and O–H groups in total. The van der Waals surface area contributed by atoms with Gasteiger partial charge in [0.15, 0.2) is 0 Å². The number of hydrogen-bond donors (Lipinski definition) is 2. The first-order valence-corrected chi connectivity index (χ1v) is 5.45. The molecule has 14 heavy (non-hydrogen) atoms. The zero-order chi connectivity index (χ0) is 11.2. The molecule has 0 aliphatic rings. The van der Waals surface area contributed by atoms with Gasteiger partial charge in [-0.15, -0.1) is 0 Å². The predicted molar refractivity (Wildman–Crippen MR) is 60.2 cm³/mol. The van der Waals surface area contributed by atoms with Crippen LogP contribution in [-0.2, 0) is 4.79 Å². The minimum Gasteiger partial charge on any atom is -0.351 e. The summed E-state index contributed by atoms with van der Waals surface area (Å²) in [7, 11) is 1.86. The third-order valence-electron chi connectivity index (χ3n) is 2.94. The molecule has 1 atom stereocenters. The Kier molecular flexibility index (Phi) is 5.77. The standard InChI is InChI=1S/C11H24N2O/c1-6-11(4,7-2)13-10(14)9(3)8-12-5/h9,12H,6-8H2,1-5H3,(H,13,14). The summed E-state index contributed by atoms with van der Waals surface area (Å²) in [6.45, 7) is 8.98. The second-order valence-electron chi connectivity index (χ2n) is 4.22. The van der Waals surface area contributed by atoms with Crippen LogP contribution < -0.4 is 10.6 Å². The van der Waals surface area contributed by atoms with Crippen LogP contribution >= 0.6 is 0 Å². The van der Waals surface area contributed by atoms with Crippen molar-refractivity contribution in [3.63, 3.8) is 0 Å². The average Bonchev–Trinajstić information content (AvgIpc) is 2.18. The van der Waals surface area contributed by atoms with Crippen molar-refractivity contribution in [2.24, 2.45) is 5.92 Å². The first-order chi connectivity index (χ1) is 6.49. The minimum atomic E-state index is -0.0426. The lowest BCUT2D eigenvalue weighted by Gasteiger charge is -2.29. The van der Waals surface area contributed by atoms with Gasteiger partial charge in [0.1, 0.15) is 0 Å². The highest BCUT2D eigenvalue weighted by Gasteiger charge is 2.24. The van der Waals surface area contributed by atoms with E-state index in [1.54, 1.807) is 0 Å². The van der Waals surface area contributed by atoms with Crippen molar-refractivity contribution < 1.29 is 4.79 Å². The monoisotopic (exact) mass is 200 g/mol. The first kappa shape index (κ1) is 13.4. The van der Waals surface area contributed by atoms with Crippen molar-refractivity contribution in [2.45, 2.75) is 46.1 Å². The Morgan fingerprint density at radius 3 is 2.21 bits per heavy atom. The molecule has 0 aliphatic heterocycles. The van der Waals surface area contributed by atoms with Gasteiger partial charge in [0.2, 0.25) is 5.91 Å². The third kappa shape index (κ3) is 4.09. The van der Waals surface area contributed by atoms with Gasteiger partial charge in [0.25, 0.3) is 0 Å². The third-order valence-corrected chi connectivity index (χ3v) is 2.94. The molecule has 0 bridgehead atoms. The zero-order valence-corrected chi connectivity index (χ0v) is 10.1. The highest BCUT2D eigenvalue weighted by molar-refractivity contribution is 5.79. The maximum Gasteiger partial charge on any atom is 0.224 e. The number of amides is 1. The van der Waals surface area contributed by atoms with E-state index in [9.17, 15) is 4.79 Å². The summed E-state index contributed by atoms with van der Waals surface area (Å²) in [4.78, 5) is 11.7. The SMILES string of the molecule is CCC(C)(CC)NC(=O)C(C)CNC. The predicted octanol–water partition coefficient (Wildman–Crippen LogP) is 1.54. The molecular weight excluding hydrogens is 176 g/mol. The maximum atomic E-state index is 11.7. The van der Waals surface area contributed by atoms with Crippen molar-refractivity contribution in [1.29, 1.82) is 0 Å². The summed E-state index contributed by atoms with van der Waals surface area (Å²) in [6.07, 6.45) is 1.95. The largest absolute Gasteiger partial charge is 0.351 e. The topological polar surface area (TPSA) is 41.1 Å². The average molecular weight is 200 g/mol. The van der Waals surface area contributed by atoms with Gasteiger partial charge < -0.3 is 10.6 Å². The van der Waals surface area contributed by atoms with Crippen molar-refractivity contribution in [3.8, 4) is 0 Å². The molecule has 3 heteroatoms. The molecule has 1 unspecified atom stereocenters. The second-order valence-corrected chi connectivity index (χ2v) is 4.22. The van der Waals surface area contributed by atoms with E-state index in [0.717, 1.165) is 19.4 Å². The molecule has 0 heterocycles. The van der Waals surface area contributed by atoms with Gasteiger partial charge in [0, 0.05) is 18.0 Å². The van der Waals surface area contributed by atoms with Crippen LogP contribution in [0.3, 0.4) is 0 Å². The van der Waals surface area contributed by atoms with E-state index in [4.69, 9.17) is 0 Å². The van der Waals surface area contributed by atoms with E-state index in [-0.39, 0.29) is 17.4 Å². The Labute approximate surface area is 87.6 Å². The first-order valence-electron chi connectivity index (χ1n) is 5.45. The molecule has 0 aromatic rings. The number of rotatable bonds is 6. The van der Waals surface area contributed by atoms with Crippen LogP contribution in [0.1, 0.15) is 40.5 Å². The van der Waals surface area contributed by atoms with Crippen LogP contribution in [0.4, 0.5) is 0 Å². The number of nitrogens with one attached hydrogen (secondary N) is 2. The van der Waals surface area contributed by atoms with Crippen LogP contribution in [0.15, 0.2) is 0 Å². The molecule has 0 saturated carbocycles. The summed E-state index contributed by atoms with van der Waals surface area (Å²) in [5, 5.41) is 6.11. The van der Waals surface area contributed by atoms with Crippen LogP contribution in [0.5, 0.6) is 0 Å². The summed E-state index contributed by atoms with van der Waals surface area (Å²) in [5.74, 6) is 0.183. The molecule has 3 nitrogen and oxygen atoms in total. The van der Waals surface area contributed by atoms with Gasteiger partial charge in [-0.1, -0.05) is 20.8 Å². The lowest BCUT2D eigenvalue weighted by Crippen LogP contribution is -2.48. The molecule has 1 amide bonds. The number of hydrogen-bond acceptors (Lipinski definition) is 2. The van der Waals surface area contributed by atoms with Gasteiger partial charge in [-0.2, -0.15) is 0 Å². The molecule has 0 aliphatic carbocycles. The summed E-state index contributed by atoms with van der Waals surface area (Å²) in [6, 6.07) is 0. The fourth-order valence-electron chi connectivity index (χ4n) is 1.25. The molecule has 0 saturated heterocycles. The Balaban J connectivity index is 4.15. The second kappa shape index (κ2) is 6.02. The zero-order valence-electron chi connectivity index (χ0n) is 10.1. The number of carbonyl (C=O) groups is 1. The fraction of sp³-hybridized carbons (Fsp3) is 0.909. The molecule has 0 radical (unpaired) electrons. The van der Waals surface area contributed by atoms with Crippen LogP contribution in [0.25, 0.3) is 0 Å². The van der Waals surface area contributed by atoms with E-state index < -0.39 is 0 Å². The van der Waals surface area contributed by atoms with Crippen molar-refractivity contribution in [3.05, 3.63) is 0 Å². The maximum absolute atomic E-state index is 11.7. The minimum absolute atomic E-state index is 0.0393. The molecule has 0 spiro atoms. The van der Waals surface area contributed by atoms with E-state index in [0.29, 0.717) is 0 Å². The quantitative estimate of drug-likeness (QED) is 0.683. The van der Waals surface area contributed by atoms with Crippen LogP contribution in [0.2, 0.25) is 0 Å². The van der Waals surface area contributed by atoms with Gasteiger partial charge in [-0.25, -0.2) is 0 Å². The van der Waals surface area contributed by atoms with E-state index >= 15 is 0 Å². The molecular formula is C11H24N2O. The summed E-state index contributed by atoms with van der Waals surface area (Å²) >= 11 is 0. The lowest BCUT2D eigenvalue weighted by molar-refractivity contribution is -0.126. The normalized spacial score (nSPS) is 13.8. The Morgan fingerprint density at radius 2 is 1.86 bits per heavy atom. The molecule has 0 rings (SSSR count). The lowest BCUT2D eigenvalue weighted by atomic mass is 9.94. The Bertz CT molecular complexity index is 176. The van der Waals surface area contributed by atoms with Gasteiger partial charge in [0.05, 0.1) is 0 Å². The summed E-state index contributed by atoms with van der Waals surface area (Å²) < 4.78 is 0. The van der Waals surface area contributed by atoms with Crippen LogP contribution in [-0.4, -0.2) is 25.0 Å². The summed E-state index contributed by atoms with van der Waals surface area (Å²) in [5.41, 5.74) is -0.0426. The van der Waals surface area contributed by atoms with Crippen LogP contribution in [0, 0.1) is 5.92 Å². The fourth-order valence-corrected chi connectivity index (χ4v) is 1.25. The van der Waals surface area contributed by atoms with E-state index in [2.05, 4.69) is 31.4 Å². The smallest absolute Gasteiger partial charge is 0.224 e. The van der Waals surface area contributed by atoms with Crippen molar-refractivity contribution in [1.82, 2.24) is 10.6 Å². The highest BCUT2D eigenvalue weighted by atomic mass is 16.2. The molecule has 0 aromatic heterocycles. The van der Waals surface area contributed by atoms with Gasteiger partial charge >= 0.3 is 0 Å². The molecule has 84 valence electrons. The van der Waals surface area contributed by atoms with E-state index in [1.165, 1.54) is 0 Å². The molecule has 0 aromatic carbocycles. The van der Waals surface area contributed by atoms with Gasteiger partial charge in [-0.05, 0) is 26.8 Å². The Morgan fingerprint density at radius 1 is 1.36 bits per heavy atom. The van der Waals surface area contributed by atoms with E-state index in [1.807, 2.05) is 14.0 Å². The van der Waals surface area contributed by atoms with Crippen molar-refractivity contribution in [2.75, 3.05) is 13.6 Å². The number of carbonyl (C=O) groups excluding carboxylic acids is 1. The Hall–Kier alpha value is -0.570. The highest BCUT2D eigenvalue weighted by Crippen LogP contribution is 2.14. The molecule has 0 fully saturated rings. The van der Waals surface area contributed by atoms with Crippen molar-refractivity contribution >= 4 is 5.91 Å².